The van der Waals surface area contributed by atoms with Gasteiger partial charge in [-0.15, -0.1) is 0 Å². The monoisotopic (exact) mass is 226 g/mol. The minimum Gasteiger partial charge on any atom is -0.493 e. The molecule has 0 aliphatic carbocycles. The van der Waals surface area contributed by atoms with Crippen molar-refractivity contribution in [2.24, 2.45) is 5.92 Å². The minimum atomic E-state index is 0.477. The van der Waals surface area contributed by atoms with E-state index in [2.05, 4.69) is 33.8 Å². The third kappa shape index (κ3) is 4.13. The van der Waals surface area contributed by atoms with Crippen LogP contribution < -0.4 is 4.74 Å². The second kappa shape index (κ2) is 5.41. The molecule has 0 saturated carbocycles. The van der Waals surface area contributed by atoms with E-state index in [1.165, 1.54) is 5.56 Å². The van der Waals surface area contributed by atoms with E-state index in [0.717, 1.165) is 17.4 Å². The molecule has 1 nitrogen and oxygen atoms in total. The lowest BCUT2D eigenvalue weighted by molar-refractivity contribution is 0.271. The standard InChI is InChI=1S/C13H19ClO/c1-9(2)8-15-13-6-11(10(3)4)5-12(14)7-13/h5-7,9-10H,8H2,1-4H3. The molecule has 0 fully saturated rings. The van der Waals surface area contributed by atoms with E-state index in [1.807, 2.05) is 12.1 Å². The summed E-state index contributed by atoms with van der Waals surface area (Å²) in [5.74, 6) is 1.89. The Morgan fingerprint density at radius 1 is 1.13 bits per heavy atom. The lowest BCUT2D eigenvalue weighted by atomic mass is 10.0. The first kappa shape index (κ1) is 12.4. The van der Waals surface area contributed by atoms with Crippen LogP contribution in [-0.4, -0.2) is 6.61 Å². The normalized spacial score (nSPS) is 11.1. The van der Waals surface area contributed by atoms with Gasteiger partial charge < -0.3 is 4.74 Å². The second-order valence-corrected chi connectivity index (χ2v) is 5.02. The fraction of sp³-hybridized carbons (Fsp3) is 0.538. The van der Waals surface area contributed by atoms with Crippen molar-refractivity contribution in [2.75, 3.05) is 6.61 Å². The van der Waals surface area contributed by atoms with Crippen LogP contribution in [0.1, 0.15) is 39.2 Å². The Morgan fingerprint density at radius 3 is 2.33 bits per heavy atom. The molecule has 0 atom stereocenters. The Labute approximate surface area is 97.4 Å². The topological polar surface area (TPSA) is 9.23 Å². The number of ether oxygens (including phenoxy) is 1. The van der Waals surface area contributed by atoms with Crippen LogP contribution in [0.4, 0.5) is 0 Å². The molecule has 1 rings (SSSR count). The van der Waals surface area contributed by atoms with Crippen molar-refractivity contribution in [2.45, 2.75) is 33.6 Å². The summed E-state index contributed by atoms with van der Waals surface area (Å²) in [6.45, 7) is 9.30. The number of hydrogen-bond donors (Lipinski definition) is 0. The maximum absolute atomic E-state index is 6.03. The van der Waals surface area contributed by atoms with E-state index in [4.69, 9.17) is 16.3 Å². The van der Waals surface area contributed by atoms with Crippen LogP contribution in [0.2, 0.25) is 5.02 Å². The zero-order chi connectivity index (χ0) is 11.4. The summed E-state index contributed by atoms with van der Waals surface area (Å²) in [7, 11) is 0. The predicted molar refractivity (Wildman–Crippen MR) is 65.9 cm³/mol. The van der Waals surface area contributed by atoms with Crippen molar-refractivity contribution in [3.05, 3.63) is 28.8 Å². The van der Waals surface area contributed by atoms with Gasteiger partial charge in [-0.2, -0.15) is 0 Å². The zero-order valence-electron chi connectivity index (χ0n) is 9.88. The van der Waals surface area contributed by atoms with E-state index < -0.39 is 0 Å². The predicted octanol–water partition coefficient (Wildman–Crippen LogP) is 4.50. The lowest BCUT2D eigenvalue weighted by Crippen LogP contribution is -2.04. The molecule has 2 heteroatoms. The third-order valence-corrected chi connectivity index (χ3v) is 2.36. The van der Waals surface area contributed by atoms with Crippen LogP contribution in [0.5, 0.6) is 5.75 Å². The average Bonchev–Trinajstić information content (AvgIpc) is 2.13. The fourth-order valence-electron chi connectivity index (χ4n) is 1.26. The Balaban J connectivity index is 2.79. The quantitative estimate of drug-likeness (QED) is 0.735. The molecule has 0 aliphatic heterocycles. The van der Waals surface area contributed by atoms with Crippen LogP contribution in [0.25, 0.3) is 0 Å². The molecule has 0 spiro atoms. The van der Waals surface area contributed by atoms with Crippen molar-refractivity contribution in [3.63, 3.8) is 0 Å². The van der Waals surface area contributed by atoms with Gasteiger partial charge in [-0.3, -0.25) is 0 Å². The Morgan fingerprint density at radius 2 is 1.80 bits per heavy atom. The van der Waals surface area contributed by atoms with Gasteiger partial charge in [0.2, 0.25) is 0 Å². The van der Waals surface area contributed by atoms with Gasteiger partial charge in [-0.1, -0.05) is 39.3 Å². The molecular weight excluding hydrogens is 208 g/mol. The van der Waals surface area contributed by atoms with Gasteiger partial charge >= 0.3 is 0 Å². The maximum atomic E-state index is 6.03. The fourth-order valence-corrected chi connectivity index (χ4v) is 1.50. The van der Waals surface area contributed by atoms with Gasteiger partial charge in [0, 0.05) is 5.02 Å². The molecule has 0 unspecified atom stereocenters. The van der Waals surface area contributed by atoms with E-state index >= 15 is 0 Å². The molecule has 0 saturated heterocycles. The van der Waals surface area contributed by atoms with Crippen molar-refractivity contribution in [1.82, 2.24) is 0 Å². The summed E-state index contributed by atoms with van der Waals surface area (Å²) >= 11 is 6.03. The molecule has 0 aromatic heterocycles. The molecule has 1 aromatic rings. The summed E-state index contributed by atoms with van der Waals surface area (Å²) in [5, 5.41) is 0.750. The van der Waals surface area contributed by atoms with Crippen LogP contribution in [0, 0.1) is 5.92 Å². The molecule has 15 heavy (non-hydrogen) atoms. The molecule has 0 amide bonds. The van der Waals surface area contributed by atoms with E-state index in [1.54, 1.807) is 0 Å². The van der Waals surface area contributed by atoms with Gasteiger partial charge in [-0.05, 0) is 35.6 Å². The Bertz CT molecular complexity index is 318. The highest BCUT2D eigenvalue weighted by Gasteiger charge is 2.04. The summed E-state index contributed by atoms with van der Waals surface area (Å²) in [4.78, 5) is 0. The van der Waals surface area contributed by atoms with Crippen molar-refractivity contribution >= 4 is 11.6 Å². The van der Waals surface area contributed by atoms with Crippen molar-refractivity contribution in [1.29, 1.82) is 0 Å². The van der Waals surface area contributed by atoms with E-state index in [-0.39, 0.29) is 0 Å². The van der Waals surface area contributed by atoms with Crippen LogP contribution in [0.3, 0.4) is 0 Å². The molecule has 0 aliphatic rings. The number of hydrogen-bond acceptors (Lipinski definition) is 1. The Hall–Kier alpha value is -0.690. The van der Waals surface area contributed by atoms with Gasteiger partial charge in [0.15, 0.2) is 0 Å². The van der Waals surface area contributed by atoms with Crippen LogP contribution in [-0.2, 0) is 0 Å². The summed E-state index contributed by atoms with van der Waals surface area (Å²) in [6, 6.07) is 5.93. The van der Waals surface area contributed by atoms with Crippen LogP contribution >= 0.6 is 11.6 Å². The molecule has 0 N–H and O–H groups in total. The highest BCUT2D eigenvalue weighted by molar-refractivity contribution is 6.30. The summed E-state index contributed by atoms with van der Waals surface area (Å²) < 4.78 is 5.65. The van der Waals surface area contributed by atoms with E-state index in [9.17, 15) is 0 Å². The lowest BCUT2D eigenvalue weighted by Gasteiger charge is -2.12. The Kier molecular flexibility index (Phi) is 4.46. The maximum Gasteiger partial charge on any atom is 0.121 e. The number of benzene rings is 1. The third-order valence-electron chi connectivity index (χ3n) is 2.14. The van der Waals surface area contributed by atoms with Gasteiger partial charge in [0.1, 0.15) is 5.75 Å². The summed E-state index contributed by atoms with van der Waals surface area (Å²) in [6.07, 6.45) is 0. The minimum absolute atomic E-state index is 0.477. The highest BCUT2D eigenvalue weighted by Crippen LogP contribution is 2.26. The molecule has 84 valence electrons. The molecule has 0 bridgehead atoms. The zero-order valence-corrected chi connectivity index (χ0v) is 10.6. The first-order valence-electron chi connectivity index (χ1n) is 5.42. The molecular formula is C13H19ClO. The van der Waals surface area contributed by atoms with Gasteiger partial charge in [-0.25, -0.2) is 0 Å². The first-order chi connectivity index (χ1) is 6.99. The molecule has 0 heterocycles. The number of rotatable bonds is 4. The highest BCUT2D eigenvalue weighted by atomic mass is 35.5. The molecule has 0 radical (unpaired) electrons. The smallest absolute Gasteiger partial charge is 0.121 e. The molecule has 1 aromatic carbocycles. The SMILES string of the molecule is CC(C)COc1cc(Cl)cc(C(C)C)c1. The van der Waals surface area contributed by atoms with Crippen LogP contribution in [0.15, 0.2) is 18.2 Å². The van der Waals surface area contributed by atoms with Crippen molar-refractivity contribution in [3.8, 4) is 5.75 Å². The van der Waals surface area contributed by atoms with Gasteiger partial charge in [0.25, 0.3) is 0 Å². The summed E-state index contributed by atoms with van der Waals surface area (Å²) in [5.41, 5.74) is 1.22. The van der Waals surface area contributed by atoms with E-state index in [0.29, 0.717) is 11.8 Å². The first-order valence-corrected chi connectivity index (χ1v) is 5.80. The van der Waals surface area contributed by atoms with Crippen molar-refractivity contribution < 1.29 is 4.74 Å². The second-order valence-electron chi connectivity index (χ2n) is 4.58. The van der Waals surface area contributed by atoms with Gasteiger partial charge in [0.05, 0.1) is 6.61 Å². The number of halogens is 1. The largest absolute Gasteiger partial charge is 0.493 e. The average molecular weight is 227 g/mol.